The molecule has 0 unspecified atom stereocenters. The summed E-state index contributed by atoms with van der Waals surface area (Å²) >= 11 is 1.51. The van der Waals surface area contributed by atoms with Crippen LogP contribution in [0, 0.1) is 19.8 Å². The maximum absolute atomic E-state index is 12.8. The zero-order valence-corrected chi connectivity index (χ0v) is 13.3. The lowest BCUT2D eigenvalue weighted by Gasteiger charge is -2.27. The molecule has 1 aliphatic heterocycles. The average molecular weight is 307 g/mol. The van der Waals surface area contributed by atoms with Gasteiger partial charge in [-0.1, -0.05) is 0 Å². The summed E-state index contributed by atoms with van der Waals surface area (Å²) < 4.78 is 0. The van der Waals surface area contributed by atoms with Crippen LogP contribution < -0.4 is 10.6 Å². The van der Waals surface area contributed by atoms with E-state index < -0.39 is 0 Å². The van der Waals surface area contributed by atoms with E-state index in [1.54, 1.807) is 0 Å². The molecular weight excluding hydrogens is 286 g/mol. The third-order valence-electron chi connectivity index (χ3n) is 4.19. The first-order valence-electron chi connectivity index (χ1n) is 7.48. The van der Waals surface area contributed by atoms with Crippen LogP contribution in [-0.4, -0.2) is 42.9 Å². The minimum Gasteiger partial charge on any atom is -0.336 e. The normalized spacial score (nSPS) is 18.7. The summed E-state index contributed by atoms with van der Waals surface area (Å²) in [6.45, 7) is 7.08. The van der Waals surface area contributed by atoms with Gasteiger partial charge in [0.15, 0.2) is 0 Å². The van der Waals surface area contributed by atoms with Crippen molar-refractivity contribution in [3.63, 3.8) is 0 Å². The maximum atomic E-state index is 12.8. The van der Waals surface area contributed by atoms with Gasteiger partial charge in [0.05, 0.1) is 5.56 Å². The summed E-state index contributed by atoms with van der Waals surface area (Å²) in [6.07, 6.45) is 1.94. The molecule has 1 aromatic heterocycles. The zero-order valence-electron chi connectivity index (χ0n) is 12.5. The predicted octanol–water partition coefficient (Wildman–Crippen LogP) is 1.76. The Labute approximate surface area is 128 Å². The fourth-order valence-electron chi connectivity index (χ4n) is 2.56. The standard InChI is InChI=1S/C15H21N3O2S/c1-9-10(2)21-14(17-13(19)11-3-4-11)12(9)15(20)18-7-5-16-6-8-18/h11,16H,3-8H2,1-2H3,(H,17,19). The van der Waals surface area contributed by atoms with Gasteiger partial charge in [-0.2, -0.15) is 0 Å². The molecule has 6 heteroatoms. The summed E-state index contributed by atoms with van der Waals surface area (Å²) in [6, 6.07) is 0. The maximum Gasteiger partial charge on any atom is 0.257 e. The van der Waals surface area contributed by atoms with Crippen molar-refractivity contribution in [3.05, 3.63) is 16.0 Å². The molecule has 0 aromatic carbocycles. The molecule has 0 atom stereocenters. The van der Waals surface area contributed by atoms with Crippen LogP contribution in [0.15, 0.2) is 0 Å². The number of hydrogen-bond donors (Lipinski definition) is 2. The predicted molar refractivity (Wildman–Crippen MR) is 83.9 cm³/mol. The van der Waals surface area contributed by atoms with Gasteiger partial charge in [-0.15, -0.1) is 11.3 Å². The van der Waals surface area contributed by atoms with E-state index in [-0.39, 0.29) is 17.7 Å². The number of carbonyl (C=O) groups excluding carboxylic acids is 2. The van der Waals surface area contributed by atoms with Crippen molar-refractivity contribution in [3.8, 4) is 0 Å². The number of nitrogens with zero attached hydrogens (tertiary/aromatic N) is 1. The number of rotatable bonds is 3. The molecular formula is C15H21N3O2S. The SMILES string of the molecule is Cc1sc(NC(=O)C2CC2)c(C(=O)N2CCNCC2)c1C. The second-order valence-corrected chi connectivity index (χ2v) is 7.02. The molecule has 2 heterocycles. The number of piperazine rings is 1. The number of thiophene rings is 1. The zero-order chi connectivity index (χ0) is 15.0. The molecule has 3 rings (SSSR count). The topological polar surface area (TPSA) is 61.4 Å². The van der Waals surface area contributed by atoms with E-state index in [1.165, 1.54) is 11.3 Å². The monoisotopic (exact) mass is 307 g/mol. The Morgan fingerprint density at radius 2 is 1.90 bits per heavy atom. The molecule has 0 bridgehead atoms. The lowest BCUT2D eigenvalue weighted by Crippen LogP contribution is -2.46. The molecule has 2 N–H and O–H groups in total. The first-order chi connectivity index (χ1) is 10.1. The van der Waals surface area contributed by atoms with Crippen LogP contribution in [0.5, 0.6) is 0 Å². The molecule has 5 nitrogen and oxygen atoms in total. The van der Waals surface area contributed by atoms with Crippen LogP contribution in [0.25, 0.3) is 0 Å². The van der Waals surface area contributed by atoms with Gasteiger partial charge in [-0.05, 0) is 32.3 Å². The fourth-order valence-corrected chi connectivity index (χ4v) is 3.61. The Morgan fingerprint density at radius 3 is 2.52 bits per heavy atom. The van der Waals surface area contributed by atoms with Gasteiger partial charge in [0.2, 0.25) is 5.91 Å². The summed E-state index contributed by atoms with van der Waals surface area (Å²) in [4.78, 5) is 27.8. The summed E-state index contributed by atoms with van der Waals surface area (Å²) in [5.74, 6) is 0.255. The minimum atomic E-state index is 0.0458. The van der Waals surface area contributed by atoms with Gasteiger partial charge < -0.3 is 15.5 Å². The van der Waals surface area contributed by atoms with Gasteiger partial charge in [0.1, 0.15) is 5.00 Å². The number of aryl methyl sites for hydroxylation is 1. The van der Waals surface area contributed by atoms with E-state index in [1.807, 2.05) is 18.7 Å². The Hall–Kier alpha value is -1.40. The van der Waals surface area contributed by atoms with Gasteiger partial charge in [-0.25, -0.2) is 0 Å². The lowest BCUT2D eigenvalue weighted by atomic mass is 10.1. The number of anilines is 1. The molecule has 114 valence electrons. The number of carbonyl (C=O) groups is 2. The van der Waals surface area contributed by atoms with Crippen molar-refractivity contribution >= 4 is 28.2 Å². The van der Waals surface area contributed by atoms with E-state index in [9.17, 15) is 9.59 Å². The molecule has 0 spiro atoms. The van der Waals surface area contributed by atoms with Crippen molar-refractivity contribution < 1.29 is 9.59 Å². The second-order valence-electron chi connectivity index (χ2n) is 5.79. The molecule has 1 saturated carbocycles. The van der Waals surface area contributed by atoms with E-state index in [0.29, 0.717) is 5.56 Å². The van der Waals surface area contributed by atoms with Crippen molar-refractivity contribution in [2.45, 2.75) is 26.7 Å². The van der Waals surface area contributed by atoms with Crippen LogP contribution in [0.4, 0.5) is 5.00 Å². The highest BCUT2D eigenvalue weighted by molar-refractivity contribution is 7.16. The van der Waals surface area contributed by atoms with Gasteiger partial charge >= 0.3 is 0 Å². The van der Waals surface area contributed by atoms with Crippen LogP contribution in [0.1, 0.15) is 33.6 Å². The first kappa shape index (κ1) is 14.5. The van der Waals surface area contributed by atoms with Gasteiger partial charge in [-0.3, -0.25) is 9.59 Å². The van der Waals surface area contributed by atoms with Crippen molar-refractivity contribution in [1.29, 1.82) is 0 Å². The van der Waals surface area contributed by atoms with Crippen molar-refractivity contribution in [1.82, 2.24) is 10.2 Å². The summed E-state index contributed by atoms with van der Waals surface area (Å²) in [5, 5.41) is 6.95. The molecule has 21 heavy (non-hydrogen) atoms. The highest BCUT2D eigenvalue weighted by Crippen LogP contribution is 2.36. The van der Waals surface area contributed by atoms with Crippen molar-refractivity contribution in [2.24, 2.45) is 5.92 Å². The van der Waals surface area contributed by atoms with E-state index in [0.717, 1.165) is 54.5 Å². The third kappa shape index (κ3) is 2.96. The largest absolute Gasteiger partial charge is 0.336 e. The second kappa shape index (κ2) is 5.77. The van der Waals surface area contributed by atoms with Gasteiger partial charge in [0, 0.05) is 37.0 Å². The summed E-state index contributed by atoms with van der Waals surface area (Å²) in [7, 11) is 0. The number of nitrogens with one attached hydrogen (secondary N) is 2. The Morgan fingerprint density at radius 1 is 1.24 bits per heavy atom. The molecule has 0 radical (unpaired) electrons. The average Bonchev–Trinajstić information content (AvgIpc) is 3.28. The van der Waals surface area contributed by atoms with E-state index in [4.69, 9.17) is 0 Å². The highest BCUT2D eigenvalue weighted by Gasteiger charge is 2.32. The molecule has 2 amide bonds. The van der Waals surface area contributed by atoms with E-state index >= 15 is 0 Å². The molecule has 1 aliphatic carbocycles. The highest BCUT2D eigenvalue weighted by atomic mass is 32.1. The van der Waals surface area contributed by atoms with Gasteiger partial charge in [0.25, 0.3) is 5.91 Å². The smallest absolute Gasteiger partial charge is 0.257 e. The molecule has 1 aromatic rings. The molecule has 2 aliphatic rings. The van der Waals surface area contributed by atoms with Crippen LogP contribution in [0.3, 0.4) is 0 Å². The Kier molecular flexibility index (Phi) is 3.99. The first-order valence-corrected chi connectivity index (χ1v) is 8.30. The fraction of sp³-hybridized carbons (Fsp3) is 0.600. The number of amides is 2. The summed E-state index contributed by atoms with van der Waals surface area (Å²) in [5.41, 5.74) is 1.68. The minimum absolute atomic E-state index is 0.0458. The van der Waals surface area contributed by atoms with E-state index in [2.05, 4.69) is 10.6 Å². The van der Waals surface area contributed by atoms with Crippen LogP contribution in [0.2, 0.25) is 0 Å². The van der Waals surface area contributed by atoms with Crippen LogP contribution >= 0.6 is 11.3 Å². The third-order valence-corrected chi connectivity index (χ3v) is 5.31. The molecule has 2 fully saturated rings. The lowest BCUT2D eigenvalue weighted by molar-refractivity contribution is -0.117. The Balaban J connectivity index is 1.84. The van der Waals surface area contributed by atoms with Crippen LogP contribution in [-0.2, 0) is 4.79 Å². The quantitative estimate of drug-likeness (QED) is 0.894. The number of hydrogen-bond acceptors (Lipinski definition) is 4. The van der Waals surface area contributed by atoms with Crippen molar-refractivity contribution in [2.75, 3.05) is 31.5 Å². The molecule has 1 saturated heterocycles. The Bertz CT molecular complexity index is 572.